The normalized spacial score (nSPS) is 12.7. The number of phenolic OH excluding ortho intramolecular Hbond substituents is 1. The number of anilines is 4. The highest BCUT2D eigenvalue weighted by Crippen LogP contribution is 2.44. The van der Waals surface area contributed by atoms with Crippen LogP contribution in [0, 0.1) is 20.8 Å². The minimum Gasteiger partial charge on any atom is -0.505 e. The van der Waals surface area contributed by atoms with E-state index in [4.69, 9.17) is 11.5 Å². The van der Waals surface area contributed by atoms with Crippen molar-refractivity contribution in [2.45, 2.75) is 40.4 Å². The van der Waals surface area contributed by atoms with Crippen LogP contribution in [0.3, 0.4) is 0 Å². The fourth-order valence-electron chi connectivity index (χ4n) is 6.36. The third-order valence-corrected chi connectivity index (χ3v) is 12.8. The lowest BCUT2D eigenvalue weighted by molar-refractivity contribution is 0.477. The van der Waals surface area contributed by atoms with Crippen molar-refractivity contribution in [2.75, 3.05) is 22.3 Å². The molecule has 0 radical (unpaired) electrons. The molecular formula is C35H32N6O13S4. The first-order chi connectivity index (χ1) is 26.8. The number of hydrogen-bond acceptors (Lipinski definition) is 15. The lowest BCUT2D eigenvalue weighted by Gasteiger charge is -2.18. The van der Waals surface area contributed by atoms with Gasteiger partial charge in [-0.05, 0) is 97.1 Å². The molecule has 0 aliphatic carbocycles. The SMILES string of the molecule is Cc1cc(-c2ccc(NNc3ccc4c(S(=O)(=O)O)cc(S(=O)(=O)O)c(N)c4c3C)c(C)c2)ccc1N=Nc1ccc2c(S(=O)(=O)O)cc(S(=O)(=O)O)c(N)c2c1O. The lowest BCUT2D eigenvalue weighted by atomic mass is 10.00. The summed E-state index contributed by atoms with van der Waals surface area (Å²) in [6, 6.07) is 16.9. The Hall–Kier alpha value is -5.92. The van der Waals surface area contributed by atoms with Gasteiger partial charge < -0.3 is 27.4 Å². The van der Waals surface area contributed by atoms with E-state index in [1.54, 1.807) is 25.1 Å². The van der Waals surface area contributed by atoms with Crippen molar-refractivity contribution in [1.29, 1.82) is 0 Å². The second-order valence-corrected chi connectivity index (χ2v) is 18.5. The van der Waals surface area contributed by atoms with Gasteiger partial charge in [-0.2, -0.15) is 38.8 Å². The van der Waals surface area contributed by atoms with Gasteiger partial charge >= 0.3 is 0 Å². The topological polar surface area (TPSA) is 339 Å². The number of nitrogens with zero attached hydrogens (tertiary/aromatic N) is 2. The third-order valence-electron chi connectivity index (χ3n) is 9.21. The number of aromatic hydroxyl groups is 1. The van der Waals surface area contributed by atoms with E-state index in [-0.39, 0.29) is 21.8 Å². The summed E-state index contributed by atoms with van der Waals surface area (Å²) in [7, 11) is -20.0. The number of benzene rings is 6. The van der Waals surface area contributed by atoms with Gasteiger partial charge in [0.1, 0.15) is 25.3 Å². The van der Waals surface area contributed by atoms with Gasteiger partial charge in [0.2, 0.25) is 0 Å². The number of nitrogens with one attached hydrogen (secondary N) is 2. The molecule has 0 unspecified atom stereocenters. The first-order valence-electron chi connectivity index (χ1n) is 16.3. The molecule has 23 heteroatoms. The van der Waals surface area contributed by atoms with Crippen molar-refractivity contribution in [3.63, 3.8) is 0 Å². The van der Waals surface area contributed by atoms with Crippen molar-refractivity contribution in [1.82, 2.24) is 0 Å². The largest absolute Gasteiger partial charge is 0.505 e. The van der Waals surface area contributed by atoms with Crippen LogP contribution in [0.1, 0.15) is 16.7 Å². The molecule has 6 aromatic carbocycles. The first-order valence-corrected chi connectivity index (χ1v) is 22.0. The third kappa shape index (κ3) is 7.84. The Morgan fingerprint density at radius 3 is 1.43 bits per heavy atom. The fourth-order valence-corrected chi connectivity index (χ4v) is 9.23. The van der Waals surface area contributed by atoms with Crippen LogP contribution in [-0.4, -0.2) is 57.0 Å². The standard InChI is InChI=1S/C35H32N6O13S4/c1-16-12-19(4-8-23(16)38-40-25-10-6-21-27(55(43,44)45)14-29(57(49,50)51)33(36)31(21)18(25)3)20-5-9-24(17(2)13-20)39-41-26-11-7-22-28(56(46,47)48)15-30(58(52,53)54)34(37)32(22)35(26)42/h4-15,38,40,42H,36-37H2,1-3H3,(H,43,44,45)(H,46,47,48)(H,49,50,51)(H,52,53,54). The Labute approximate surface area is 331 Å². The summed E-state index contributed by atoms with van der Waals surface area (Å²) in [6.07, 6.45) is 0. The number of azo groups is 1. The highest BCUT2D eigenvalue weighted by molar-refractivity contribution is 7.87. The molecule has 58 heavy (non-hydrogen) atoms. The van der Waals surface area contributed by atoms with E-state index in [2.05, 4.69) is 21.1 Å². The van der Waals surface area contributed by atoms with Crippen LogP contribution in [-0.2, 0) is 40.5 Å². The average Bonchev–Trinajstić information content (AvgIpc) is 3.09. The molecule has 0 saturated carbocycles. The van der Waals surface area contributed by atoms with E-state index in [1.807, 2.05) is 25.1 Å². The molecule has 0 saturated heterocycles. The number of hydrazine groups is 1. The molecule has 19 nitrogen and oxygen atoms in total. The molecule has 0 heterocycles. The van der Waals surface area contributed by atoms with Crippen molar-refractivity contribution < 1.29 is 57.0 Å². The van der Waals surface area contributed by atoms with Gasteiger partial charge in [0.25, 0.3) is 40.5 Å². The summed E-state index contributed by atoms with van der Waals surface area (Å²) in [5.41, 5.74) is 21.3. The molecule has 0 fully saturated rings. The Bertz CT molecular complexity index is 3250. The smallest absolute Gasteiger partial charge is 0.296 e. The molecule has 0 bridgehead atoms. The number of aryl methyl sites for hydroxylation is 3. The summed E-state index contributed by atoms with van der Waals surface area (Å²) in [5.74, 6) is -0.764. The minimum absolute atomic E-state index is 0.0257. The molecule has 0 aliphatic rings. The zero-order valence-electron chi connectivity index (χ0n) is 30.1. The molecule has 11 N–H and O–H groups in total. The molecular weight excluding hydrogens is 841 g/mol. The predicted octanol–water partition coefficient (Wildman–Crippen LogP) is 6.30. The summed E-state index contributed by atoms with van der Waals surface area (Å²) in [5, 5.41) is 18.3. The van der Waals surface area contributed by atoms with Gasteiger partial charge in [0.05, 0.1) is 33.8 Å². The number of fused-ring (bicyclic) bond motifs is 2. The quantitative estimate of drug-likeness (QED) is 0.0316. The maximum atomic E-state index is 12.1. The number of nitrogens with two attached hydrogens (primary N) is 2. The molecule has 6 rings (SSSR count). The maximum absolute atomic E-state index is 12.1. The van der Waals surface area contributed by atoms with E-state index < -0.39 is 82.6 Å². The van der Waals surface area contributed by atoms with Crippen molar-refractivity contribution >= 4 is 96.1 Å². The van der Waals surface area contributed by atoms with Crippen molar-refractivity contribution in [3.8, 4) is 16.9 Å². The van der Waals surface area contributed by atoms with Crippen LogP contribution in [0.5, 0.6) is 5.75 Å². The highest BCUT2D eigenvalue weighted by atomic mass is 32.2. The van der Waals surface area contributed by atoms with Crippen LogP contribution in [0.2, 0.25) is 0 Å². The van der Waals surface area contributed by atoms with Gasteiger partial charge in [-0.1, -0.05) is 24.3 Å². The Morgan fingerprint density at radius 2 is 0.914 bits per heavy atom. The minimum atomic E-state index is -5.08. The van der Waals surface area contributed by atoms with Gasteiger partial charge in [-0.25, -0.2) is 0 Å². The molecule has 6 aromatic rings. The summed E-state index contributed by atoms with van der Waals surface area (Å²) in [4.78, 5) is -3.61. The van der Waals surface area contributed by atoms with Crippen molar-refractivity contribution in [3.05, 3.63) is 89.5 Å². The summed E-state index contributed by atoms with van der Waals surface area (Å²) >= 11 is 0. The number of nitrogen functional groups attached to an aromatic ring is 2. The lowest BCUT2D eigenvalue weighted by Crippen LogP contribution is -2.12. The second-order valence-electron chi connectivity index (χ2n) is 13.0. The van der Waals surface area contributed by atoms with Crippen LogP contribution in [0.25, 0.3) is 32.7 Å². The Kier molecular flexibility index (Phi) is 10.4. The van der Waals surface area contributed by atoms with Crippen LogP contribution in [0.15, 0.2) is 103 Å². The molecule has 0 aromatic heterocycles. The van der Waals surface area contributed by atoms with Crippen molar-refractivity contribution in [2.24, 2.45) is 10.2 Å². The number of phenols is 1. The predicted molar refractivity (Wildman–Crippen MR) is 215 cm³/mol. The Balaban J connectivity index is 1.26. The van der Waals surface area contributed by atoms with Crippen LogP contribution in [0.4, 0.5) is 34.1 Å². The fraction of sp³-hybridized carbons (Fsp3) is 0.0857. The maximum Gasteiger partial charge on any atom is 0.296 e. The molecule has 0 amide bonds. The van der Waals surface area contributed by atoms with E-state index in [0.29, 0.717) is 40.3 Å². The summed E-state index contributed by atoms with van der Waals surface area (Å²) in [6.45, 7) is 5.11. The molecule has 0 atom stereocenters. The second kappa shape index (κ2) is 14.5. The monoisotopic (exact) mass is 872 g/mol. The molecule has 0 spiro atoms. The molecule has 0 aliphatic heterocycles. The van der Waals surface area contributed by atoms with E-state index in [0.717, 1.165) is 22.8 Å². The van der Waals surface area contributed by atoms with Gasteiger partial charge in [0, 0.05) is 16.2 Å². The zero-order valence-corrected chi connectivity index (χ0v) is 33.4. The van der Waals surface area contributed by atoms with Crippen LogP contribution >= 0.6 is 0 Å². The van der Waals surface area contributed by atoms with E-state index in [9.17, 15) is 57.0 Å². The Morgan fingerprint density at radius 1 is 0.500 bits per heavy atom. The summed E-state index contributed by atoms with van der Waals surface area (Å²) < 4.78 is 135. The zero-order chi connectivity index (χ0) is 42.9. The van der Waals surface area contributed by atoms with Gasteiger partial charge in [-0.3, -0.25) is 18.2 Å². The first kappa shape index (κ1) is 41.7. The highest BCUT2D eigenvalue weighted by Gasteiger charge is 2.28. The van der Waals surface area contributed by atoms with E-state index >= 15 is 0 Å². The number of rotatable bonds is 10. The van der Waals surface area contributed by atoms with Gasteiger partial charge in [-0.15, -0.1) is 5.11 Å². The average molecular weight is 873 g/mol. The van der Waals surface area contributed by atoms with Crippen LogP contribution < -0.4 is 22.3 Å². The molecule has 304 valence electrons. The van der Waals surface area contributed by atoms with Gasteiger partial charge in [0.15, 0.2) is 5.75 Å². The number of hydrogen-bond donors (Lipinski definition) is 9. The van der Waals surface area contributed by atoms with E-state index in [1.165, 1.54) is 25.1 Å².